The fraction of sp³-hybridized carbons (Fsp3) is 0.615. The number of pyridine rings is 1. The summed E-state index contributed by atoms with van der Waals surface area (Å²) in [5.74, 6) is 0.950. The Morgan fingerprint density at radius 1 is 1.22 bits per heavy atom. The third kappa shape index (κ3) is 2.30. The number of fused-ring (bicyclic) bond motifs is 3. The highest BCUT2D eigenvalue weighted by Crippen LogP contribution is 2.42. The largest absolute Gasteiger partial charge is 0.379 e. The van der Waals surface area contributed by atoms with Crippen molar-refractivity contribution in [2.24, 2.45) is 11.8 Å². The lowest BCUT2D eigenvalue weighted by Gasteiger charge is -2.43. The zero-order valence-corrected chi connectivity index (χ0v) is 11.4. The van der Waals surface area contributed by atoms with Gasteiger partial charge >= 0.3 is 0 Å². The van der Waals surface area contributed by atoms with Gasteiger partial charge in [-0.15, -0.1) is 0 Å². The van der Waals surface area contributed by atoms with Crippen molar-refractivity contribution in [3.05, 3.63) is 22.2 Å². The standard InChI is InChI=1S/C13H15Cl2FN2/c14-11-6-10(12(16)13(15)18-11)17-9-5-7-1-3-8(9)4-2-7/h6-9H,1-5H2,(H,17,18)/t7?,8?,9-/m0/s1. The van der Waals surface area contributed by atoms with Crippen LogP contribution in [0.15, 0.2) is 6.07 Å². The Kier molecular flexibility index (Phi) is 3.37. The van der Waals surface area contributed by atoms with Crippen LogP contribution in [0.5, 0.6) is 0 Å². The molecule has 3 saturated carbocycles. The number of aromatic nitrogens is 1. The van der Waals surface area contributed by atoms with E-state index in [0.29, 0.717) is 17.6 Å². The minimum atomic E-state index is -0.498. The minimum Gasteiger partial charge on any atom is -0.379 e. The molecule has 0 spiro atoms. The van der Waals surface area contributed by atoms with E-state index in [9.17, 15) is 4.39 Å². The predicted octanol–water partition coefficient (Wildman–Crippen LogP) is 4.52. The van der Waals surface area contributed by atoms with E-state index < -0.39 is 5.82 Å². The van der Waals surface area contributed by atoms with E-state index in [4.69, 9.17) is 23.2 Å². The first-order valence-electron chi connectivity index (χ1n) is 6.41. The third-order valence-corrected chi connectivity index (χ3v) is 4.72. The maximum absolute atomic E-state index is 13.9. The summed E-state index contributed by atoms with van der Waals surface area (Å²) in [5, 5.41) is 3.34. The molecule has 0 radical (unpaired) electrons. The minimum absolute atomic E-state index is 0.161. The second-order valence-electron chi connectivity index (χ2n) is 5.36. The zero-order valence-electron chi connectivity index (χ0n) is 9.93. The molecular formula is C13H15Cl2FN2. The number of halogens is 3. The van der Waals surface area contributed by atoms with Gasteiger partial charge in [-0.1, -0.05) is 36.0 Å². The molecule has 0 aromatic carbocycles. The first kappa shape index (κ1) is 12.5. The molecule has 1 aromatic heterocycles. The highest BCUT2D eigenvalue weighted by Gasteiger charge is 2.35. The van der Waals surface area contributed by atoms with Crippen molar-refractivity contribution in [2.75, 3.05) is 5.32 Å². The molecule has 5 heteroatoms. The summed E-state index contributed by atoms with van der Waals surface area (Å²) in [4.78, 5) is 3.69. The van der Waals surface area contributed by atoms with E-state index in [0.717, 1.165) is 12.3 Å². The van der Waals surface area contributed by atoms with Crippen molar-refractivity contribution < 1.29 is 4.39 Å². The van der Waals surface area contributed by atoms with Crippen LogP contribution in [0.2, 0.25) is 10.3 Å². The normalized spacial score (nSPS) is 30.5. The number of hydrogen-bond acceptors (Lipinski definition) is 2. The van der Waals surface area contributed by atoms with E-state index >= 15 is 0 Å². The van der Waals surface area contributed by atoms with Crippen LogP contribution in [0.1, 0.15) is 32.1 Å². The molecule has 1 aromatic rings. The summed E-state index contributed by atoms with van der Waals surface area (Å²) in [5.41, 5.74) is 0.387. The van der Waals surface area contributed by atoms with Gasteiger partial charge in [-0.05, 0) is 31.1 Å². The summed E-state index contributed by atoms with van der Waals surface area (Å²) in [6, 6.07) is 1.87. The number of rotatable bonds is 2. The van der Waals surface area contributed by atoms with Gasteiger partial charge in [0.1, 0.15) is 5.15 Å². The SMILES string of the molecule is Fc1c(N[C@H]2CC3CCC2CC3)cc(Cl)nc1Cl. The van der Waals surface area contributed by atoms with Crippen molar-refractivity contribution in [3.8, 4) is 0 Å². The van der Waals surface area contributed by atoms with E-state index in [1.165, 1.54) is 31.7 Å². The first-order chi connectivity index (χ1) is 8.63. The molecule has 3 aliphatic rings. The van der Waals surface area contributed by atoms with Gasteiger partial charge in [0.2, 0.25) is 0 Å². The van der Waals surface area contributed by atoms with Crippen LogP contribution in [0, 0.1) is 17.7 Å². The average molecular weight is 289 g/mol. The maximum Gasteiger partial charge on any atom is 0.183 e. The van der Waals surface area contributed by atoms with E-state index in [2.05, 4.69) is 10.3 Å². The van der Waals surface area contributed by atoms with Gasteiger partial charge in [0.25, 0.3) is 0 Å². The average Bonchev–Trinajstić information content (AvgIpc) is 2.37. The van der Waals surface area contributed by atoms with Gasteiger partial charge in [0.15, 0.2) is 11.0 Å². The van der Waals surface area contributed by atoms with Crippen LogP contribution in [0.3, 0.4) is 0 Å². The Bertz CT molecular complexity index is 459. The molecule has 98 valence electrons. The van der Waals surface area contributed by atoms with Gasteiger partial charge in [-0.25, -0.2) is 9.37 Å². The number of nitrogens with zero attached hydrogens (tertiary/aromatic N) is 1. The maximum atomic E-state index is 13.9. The van der Waals surface area contributed by atoms with Crippen molar-refractivity contribution in [2.45, 2.75) is 38.1 Å². The predicted molar refractivity (Wildman–Crippen MR) is 71.7 cm³/mol. The molecule has 0 aliphatic heterocycles. The molecule has 2 bridgehead atoms. The van der Waals surface area contributed by atoms with Crippen molar-refractivity contribution in [3.63, 3.8) is 0 Å². The molecule has 0 saturated heterocycles. The smallest absolute Gasteiger partial charge is 0.183 e. The molecule has 18 heavy (non-hydrogen) atoms. The van der Waals surface area contributed by atoms with Crippen LogP contribution < -0.4 is 5.32 Å². The molecule has 0 unspecified atom stereocenters. The zero-order chi connectivity index (χ0) is 12.7. The number of hydrogen-bond donors (Lipinski definition) is 1. The lowest BCUT2D eigenvalue weighted by molar-refractivity contribution is 0.157. The topological polar surface area (TPSA) is 24.9 Å². The van der Waals surface area contributed by atoms with Gasteiger partial charge < -0.3 is 5.32 Å². The van der Waals surface area contributed by atoms with E-state index in [1.54, 1.807) is 0 Å². The fourth-order valence-electron chi connectivity index (χ4n) is 3.33. The van der Waals surface area contributed by atoms with Gasteiger partial charge in [0, 0.05) is 12.1 Å². The molecule has 2 nitrogen and oxygen atoms in total. The quantitative estimate of drug-likeness (QED) is 0.810. The Morgan fingerprint density at radius 2 is 1.94 bits per heavy atom. The Labute approximate surface area is 116 Å². The molecule has 3 aliphatic carbocycles. The Balaban J connectivity index is 1.80. The molecule has 3 fully saturated rings. The summed E-state index contributed by atoms with van der Waals surface area (Å²) in [6.07, 6.45) is 6.26. The van der Waals surface area contributed by atoms with Crippen LogP contribution in [0.25, 0.3) is 0 Å². The van der Waals surface area contributed by atoms with Gasteiger partial charge in [-0.3, -0.25) is 0 Å². The first-order valence-corrected chi connectivity index (χ1v) is 7.17. The molecule has 1 heterocycles. The number of nitrogens with one attached hydrogen (secondary N) is 1. The molecular weight excluding hydrogens is 274 g/mol. The summed E-state index contributed by atoms with van der Waals surface area (Å²) in [6.45, 7) is 0. The Morgan fingerprint density at radius 3 is 2.56 bits per heavy atom. The second kappa shape index (κ2) is 4.86. The molecule has 1 N–H and O–H groups in total. The fourth-order valence-corrected chi connectivity index (χ4v) is 3.76. The van der Waals surface area contributed by atoms with E-state index in [-0.39, 0.29) is 10.3 Å². The van der Waals surface area contributed by atoms with Crippen LogP contribution >= 0.6 is 23.2 Å². The summed E-state index contributed by atoms with van der Waals surface area (Å²) in [7, 11) is 0. The molecule has 4 rings (SSSR count). The highest BCUT2D eigenvalue weighted by molar-refractivity contribution is 6.32. The van der Waals surface area contributed by atoms with Crippen LogP contribution in [-0.4, -0.2) is 11.0 Å². The molecule has 0 amide bonds. The van der Waals surface area contributed by atoms with Gasteiger partial charge in [-0.2, -0.15) is 0 Å². The van der Waals surface area contributed by atoms with Gasteiger partial charge in [0.05, 0.1) is 5.69 Å². The molecule has 1 atom stereocenters. The second-order valence-corrected chi connectivity index (χ2v) is 6.11. The van der Waals surface area contributed by atoms with Crippen molar-refractivity contribution in [1.29, 1.82) is 0 Å². The lowest BCUT2D eigenvalue weighted by atomic mass is 9.68. The lowest BCUT2D eigenvalue weighted by Crippen LogP contribution is -2.40. The monoisotopic (exact) mass is 288 g/mol. The van der Waals surface area contributed by atoms with E-state index in [1.807, 2.05) is 0 Å². The Hall–Kier alpha value is -0.540. The highest BCUT2D eigenvalue weighted by atomic mass is 35.5. The van der Waals surface area contributed by atoms with Crippen LogP contribution in [0.4, 0.5) is 10.1 Å². The summed E-state index contributed by atoms with van der Waals surface area (Å²) < 4.78 is 13.9. The van der Waals surface area contributed by atoms with Crippen molar-refractivity contribution in [1.82, 2.24) is 4.98 Å². The summed E-state index contributed by atoms with van der Waals surface area (Å²) >= 11 is 11.5. The number of anilines is 1. The van der Waals surface area contributed by atoms with Crippen molar-refractivity contribution >= 4 is 28.9 Å². The third-order valence-electron chi connectivity index (χ3n) is 4.27. The van der Waals surface area contributed by atoms with Crippen LogP contribution in [-0.2, 0) is 0 Å².